The van der Waals surface area contributed by atoms with E-state index in [1.165, 1.54) is 11.1 Å². The molecule has 5 nitrogen and oxygen atoms in total. The molecule has 124 valence electrons. The minimum absolute atomic E-state index is 0.404. The molecule has 0 radical (unpaired) electrons. The Kier molecular flexibility index (Phi) is 4.79. The second kappa shape index (κ2) is 7.17. The monoisotopic (exact) mass is 323 g/mol. The molecule has 1 aromatic heterocycles. The van der Waals surface area contributed by atoms with E-state index in [0.29, 0.717) is 26.1 Å². The number of amides is 1. The Balaban J connectivity index is 1.77. The van der Waals surface area contributed by atoms with Gasteiger partial charge in [0, 0.05) is 0 Å². The largest absolute Gasteiger partial charge is 0.492 e. The molecule has 0 bridgehead atoms. The normalized spacial score (nSPS) is 10.8. The van der Waals surface area contributed by atoms with Crippen LogP contribution in [-0.4, -0.2) is 22.6 Å². The van der Waals surface area contributed by atoms with Crippen molar-refractivity contribution >= 4 is 17.4 Å². The molecule has 0 aliphatic heterocycles. The number of hydrogen-bond donors (Lipinski definition) is 1. The predicted octanol–water partition coefficient (Wildman–Crippen LogP) is 2.98. The van der Waals surface area contributed by atoms with Crippen LogP contribution in [-0.2, 0) is 17.9 Å². The highest BCUT2D eigenvalue weighted by Crippen LogP contribution is 2.18. The summed E-state index contributed by atoms with van der Waals surface area (Å²) in [5.41, 5.74) is 4.35. The van der Waals surface area contributed by atoms with E-state index < -0.39 is 0 Å². The molecule has 0 saturated carbocycles. The van der Waals surface area contributed by atoms with Gasteiger partial charge in [0.05, 0.1) is 24.1 Å². The molecule has 1 N–H and O–H groups in total. The second-order valence-corrected chi connectivity index (χ2v) is 5.84. The van der Waals surface area contributed by atoms with Crippen molar-refractivity contribution in [1.29, 1.82) is 0 Å². The highest BCUT2D eigenvalue weighted by molar-refractivity contribution is 5.75. The quantitative estimate of drug-likeness (QED) is 0.680. The third-order valence-corrected chi connectivity index (χ3v) is 3.86. The van der Waals surface area contributed by atoms with E-state index in [2.05, 4.69) is 34.8 Å². The van der Waals surface area contributed by atoms with Crippen LogP contribution < -0.4 is 10.1 Å². The van der Waals surface area contributed by atoms with Gasteiger partial charge in [0.1, 0.15) is 18.2 Å². The summed E-state index contributed by atoms with van der Waals surface area (Å²) in [5.74, 6) is 1.71. The van der Waals surface area contributed by atoms with Crippen molar-refractivity contribution in [3.8, 4) is 5.75 Å². The zero-order valence-electron chi connectivity index (χ0n) is 14.0. The Morgan fingerprint density at radius 3 is 2.67 bits per heavy atom. The number of nitrogens with one attached hydrogen (secondary N) is 1. The number of benzene rings is 2. The van der Waals surface area contributed by atoms with Gasteiger partial charge < -0.3 is 14.6 Å². The first-order valence-corrected chi connectivity index (χ1v) is 7.99. The fraction of sp³-hybridized carbons (Fsp3) is 0.263. The first kappa shape index (κ1) is 16.1. The lowest BCUT2D eigenvalue weighted by atomic mass is 10.1. The molecule has 0 unspecified atom stereocenters. The number of ether oxygens (including phenoxy) is 1. The van der Waals surface area contributed by atoms with Crippen LogP contribution in [0.15, 0.2) is 42.5 Å². The van der Waals surface area contributed by atoms with Crippen LogP contribution in [0.3, 0.4) is 0 Å². The van der Waals surface area contributed by atoms with Crippen LogP contribution in [0.25, 0.3) is 11.0 Å². The maximum absolute atomic E-state index is 10.6. The molecule has 3 aromatic rings. The number of aromatic nitrogens is 2. The van der Waals surface area contributed by atoms with Crippen molar-refractivity contribution in [2.75, 3.05) is 6.61 Å². The molecular formula is C19H21N3O2. The number of rotatable bonds is 7. The van der Waals surface area contributed by atoms with Crippen molar-refractivity contribution in [3.63, 3.8) is 0 Å². The SMILES string of the molecule is Cc1cc(C)cc(OCCn2c(CNC=O)nc3ccccc32)c1. The topological polar surface area (TPSA) is 56.1 Å². The molecule has 0 spiro atoms. The summed E-state index contributed by atoms with van der Waals surface area (Å²) in [7, 11) is 0. The van der Waals surface area contributed by atoms with Crippen molar-refractivity contribution in [2.45, 2.75) is 26.9 Å². The van der Waals surface area contributed by atoms with Crippen LogP contribution in [0, 0.1) is 13.8 Å². The lowest BCUT2D eigenvalue weighted by Crippen LogP contribution is -2.17. The molecule has 0 aliphatic carbocycles. The molecule has 0 saturated heterocycles. The zero-order chi connectivity index (χ0) is 16.9. The average molecular weight is 323 g/mol. The molecule has 3 rings (SSSR count). The van der Waals surface area contributed by atoms with E-state index >= 15 is 0 Å². The summed E-state index contributed by atoms with van der Waals surface area (Å²) in [6, 6.07) is 14.1. The Morgan fingerprint density at radius 2 is 1.92 bits per heavy atom. The summed E-state index contributed by atoms with van der Waals surface area (Å²) in [6.45, 7) is 5.74. The van der Waals surface area contributed by atoms with Crippen LogP contribution in [0.1, 0.15) is 17.0 Å². The molecule has 2 aromatic carbocycles. The standard InChI is InChI=1S/C19H21N3O2/c1-14-9-15(2)11-16(10-14)24-8-7-22-18-6-4-3-5-17(18)21-19(22)12-20-13-23/h3-6,9-11,13H,7-8,12H2,1-2H3,(H,20,23). The minimum atomic E-state index is 0.404. The summed E-state index contributed by atoms with van der Waals surface area (Å²) < 4.78 is 8.00. The zero-order valence-corrected chi connectivity index (χ0v) is 14.0. The third kappa shape index (κ3) is 3.56. The molecule has 1 amide bonds. The Labute approximate surface area is 141 Å². The first-order valence-electron chi connectivity index (χ1n) is 7.99. The molecule has 0 atom stereocenters. The average Bonchev–Trinajstić information content (AvgIpc) is 2.90. The number of carbonyl (C=O) groups excluding carboxylic acids is 1. The van der Waals surface area contributed by atoms with E-state index in [1.54, 1.807) is 0 Å². The van der Waals surface area contributed by atoms with Gasteiger partial charge in [-0.3, -0.25) is 4.79 Å². The Hall–Kier alpha value is -2.82. The number of para-hydroxylation sites is 2. The van der Waals surface area contributed by atoms with Gasteiger partial charge in [-0.2, -0.15) is 0 Å². The number of fused-ring (bicyclic) bond motifs is 1. The van der Waals surface area contributed by atoms with E-state index in [-0.39, 0.29) is 0 Å². The van der Waals surface area contributed by atoms with Gasteiger partial charge in [0.15, 0.2) is 0 Å². The summed E-state index contributed by atoms with van der Waals surface area (Å²) in [6.07, 6.45) is 0.690. The van der Waals surface area contributed by atoms with Crippen molar-refractivity contribution in [3.05, 3.63) is 59.4 Å². The van der Waals surface area contributed by atoms with Gasteiger partial charge in [-0.15, -0.1) is 0 Å². The summed E-state index contributed by atoms with van der Waals surface area (Å²) in [4.78, 5) is 15.2. The van der Waals surface area contributed by atoms with E-state index in [9.17, 15) is 4.79 Å². The molecule has 1 heterocycles. The Bertz CT molecular complexity index is 835. The van der Waals surface area contributed by atoms with Crippen LogP contribution in [0.4, 0.5) is 0 Å². The van der Waals surface area contributed by atoms with Crippen molar-refractivity contribution in [1.82, 2.24) is 14.9 Å². The lowest BCUT2D eigenvalue weighted by Gasteiger charge is -2.11. The molecule has 0 aliphatic rings. The maximum atomic E-state index is 10.6. The fourth-order valence-electron chi connectivity index (χ4n) is 2.91. The molecule has 24 heavy (non-hydrogen) atoms. The van der Waals surface area contributed by atoms with Gasteiger partial charge >= 0.3 is 0 Å². The van der Waals surface area contributed by atoms with Crippen LogP contribution in [0.2, 0.25) is 0 Å². The van der Waals surface area contributed by atoms with Gasteiger partial charge in [-0.1, -0.05) is 18.2 Å². The highest BCUT2D eigenvalue weighted by Gasteiger charge is 2.10. The Morgan fingerprint density at radius 1 is 1.17 bits per heavy atom. The second-order valence-electron chi connectivity index (χ2n) is 5.84. The predicted molar refractivity (Wildman–Crippen MR) is 94.0 cm³/mol. The number of nitrogens with zero attached hydrogens (tertiary/aromatic N) is 2. The summed E-state index contributed by atoms with van der Waals surface area (Å²) >= 11 is 0. The van der Waals surface area contributed by atoms with Gasteiger partial charge in [-0.25, -0.2) is 4.98 Å². The molecule has 5 heteroatoms. The number of hydrogen-bond acceptors (Lipinski definition) is 3. The molecular weight excluding hydrogens is 302 g/mol. The van der Waals surface area contributed by atoms with Crippen molar-refractivity contribution < 1.29 is 9.53 Å². The number of carbonyl (C=O) groups is 1. The highest BCUT2D eigenvalue weighted by atomic mass is 16.5. The first-order chi connectivity index (χ1) is 11.7. The fourth-order valence-corrected chi connectivity index (χ4v) is 2.91. The van der Waals surface area contributed by atoms with E-state index in [1.807, 2.05) is 36.4 Å². The van der Waals surface area contributed by atoms with Crippen LogP contribution in [0.5, 0.6) is 5.75 Å². The van der Waals surface area contributed by atoms with Gasteiger partial charge in [0.2, 0.25) is 6.41 Å². The maximum Gasteiger partial charge on any atom is 0.207 e. The number of aryl methyl sites for hydroxylation is 2. The van der Waals surface area contributed by atoms with Gasteiger partial charge in [-0.05, 0) is 49.2 Å². The smallest absolute Gasteiger partial charge is 0.207 e. The molecule has 0 fully saturated rings. The lowest BCUT2D eigenvalue weighted by molar-refractivity contribution is -0.109. The van der Waals surface area contributed by atoms with E-state index in [4.69, 9.17) is 4.74 Å². The van der Waals surface area contributed by atoms with Gasteiger partial charge in [0.25, 0.3) is 0 Å². The van der Waals surface area contributed by atoms with Crippen molar-refractivity contribution in [2.24, 2.45) is 0 Å². The third-order valence-electron chi connectivity index (χ3n) is 3.86. The van der Waals surface area contributed by atoms with Crippen LogP contribution >= 0.6 is 0 Å². The van der Waals surface area contributed by atoms with E-state index in [0.717, 1.165) is 22.6 Å². The minimum Gasteiger partial charge on any atom is -0.492 e. The number of imidazole rings is 1. The summed E-state index contributed by atoms with van der Waals surface area (Å²) in [5, 5.41) is 2.68.